The van der Waals surface area contributed by atoms with Crippen LogP contribution in [0.5, 0.6) is 0 Å². The van der Waals surface area contributed by atoms with Gasteiger partial charge < -0.3 is 15.5 Å². The summed E-state index contributed by atoms with van der Waals surface area (Å²) in [6.45, 7) is 2.19. The zero-order valence-electron chi connectivity index (χ0n) is 17.9. The van der Waals surface area contributed by atoms with Crippen LogP contribution in [0, 0.1) is 5.92 Å². The second-order valence-electron chi connectivity index (χ2n) is 8.29. The lowest BCUT2D eigenvalue weighted by Gasteiger charge is -2.31. The number of rotatable bonds is 9. The highest BCUT2D eigenvalue weighted by atomic mass is 35.5. The average Bonchev–Trinajstić information content (AvgIpc) is 3.63. The second-order valence-corrected chi connectivity index (χ2v) is 9.72. The van der Waals surface area contributed by atoms with Gasteiger partial charge in [-0.05, 0) is 61.9 Å². The molecule has 2 N–H and O–H groups in total. The minimum Gasteiger partial charge on any atom is -0.355 e. The number of benzene rings is 1. The predicted molar refractivity (Wildman–Crippen MR) is 127 cm³/mol. The summed E-state index contributed by atoms with van der Waals surface area (Å²) in [5.41, 5.74) is 1.14. The van der Waals surface area contributed by atoms with Gasteiger partial charge in [-0.2, -0.15) is 0 Å². The molecule has 1 saturated carbocycles. The van der Waals surface area contributed by atoms with Gasteiger partial charge in [-0.3, -0.25) is 9.59 Å². The van der Waals surface area contributed by atoms with E-state index in [9.17, 15) is 9.59 Å². The first kappa shape index (κ1) is 22.9. The lowest BCUT2D eigenvalue weighted by atomic mass is 9.96. The SMILES string of the molecule is O=C(CSc1ccc(N2CCC(C(=O)NC3CC3)CC2)nn1)NCCc1ccc(Cl)cc1. The fourth-order valence-corrected chi connectivity index (χ4v) is 4.43. The third-order valence-electron chi connectivity index (χ3n) is 5.74. The van der Waals surface area contributed by atoms with Crippen molar-refractivity contribution < 1.29 is 9.59 Å². The maximum Gasteiger partial charge on any atom is 0.230 e. The van der Waals surface area contributed by atoms with Crippen molar-refractivity contribution >= 4 is 41.0 Å². The number of nitrogens with zero attached hydrogens (tertiary/aromatic N) is 3. The molecular weight excluding hydrogens is 446 g/mol. The van der Waals surface area contributed by atoms with Crippen LogP contribution in [0.1, 0.15) is 31.2 Å². The van der Waals surface area contributed by atoms with Crippen molar-refractivity contribution in [1.29, 1.82) is 0 Å². The highest BCUT2D eigenvalue weighted by Gasteiger charge is 2.30. The summed E-state index contributed by atoms with van der Waals surface area (Å²) in [4.78, 5) is 26.5. The van der Waals surface area contributed by atoms with E-state index in [-0.39, 0.29) is 17.7 Å². The van der Waals surface area contributed by atoms with Crippen molar-refractivity contribution in [2.75, 3.05) is 30.3 Å². The number of halogens is 1. The molecule has 0 radical (unpaired) electrons. The Morgan fingerprint density at radius 3 is 2.44 bits per heavy atom. The number of carbonyl (C=O) groups excluding carboxylic acids is 2. The van der Waals surface area contributed by atoms with Crippen molar-refractivity contribution in [3.8, 4) is 0 Å². The molecule has 2 aromatic rings. The first-order valence-electron chi connectivity index (χ1n) is 11.1. The van der Waals surface area contributed by atoms with E-state index in [4.69, 9.17) is 11.6 Å². The number of hydrogen-bond donors (Lipinski definition) is 2. The number of aromatic nitrogens is 2. The smallest absolute Gasteiger partial charge is 0.230 e. The minimum atomic E-state index is -0.0265. The largest absolute Gasteiger partial charge is 0.355 e. The number of anilines is 1. The molecule has 1 aromatic heterocycles. The molecule has 0 unspecified atom stereocenters. The molecule has 0 atom stereocenters. The van der Waals surface area contributed by atoms with Crippen LogP contribution in [0.15, 0.2) is 41.4 Å². The summed E-state index contributed by atoms with van der Waals surface area (Å²) < 4.78 is 0. The summed E-state index contributed by atoms with van der Waals surface area (Å²) in [6.07, 6.45) is 4.69. The second kappa shape index (κ2) is 11.0. The van der Waals surface area contributed by atoms with Crippen LogP contribution >= 0.6 is 23.4 Å². The molecule has 1 aliphatic carbocycles. The third kappa shape index (κ3) is 6.84. The first-order valence-corrected chi connectivity index (χ1v) is 12.5. The molecule has 170 valence electrons. The Morgan fingerprint density at radius 1 is 1.03 bits per heavy atom. The van der Waals surface area contributed by atoms with Gasteiger partial charge in [0.1, 0.15) is 5.03 Å². The molecule has 1 aromatic carbocycles. The molecule has 2 aliphatic rings. The van der Waals surface area contributed by atoms with Crippen LogP contribution in [0.2, 0.25) is 5.02 Å². The lowest BCUT2D eigenvalue weighted by molar-refractivity contribution is -0.125. The Kier molecular flexibility index (Phi) is 7.86. The van der Waals surface area contributed by atoms with E-state index < -0.39 is 0 Å². The highest BCUT2D eigenvalue weighted by molar-refractivity contribution is 7.99. The summed E-state index contributed by atoms with van der Waals surface area (Å²) in [6, 6.07) is 11.9. The Bertz CT molecular complexity index is 913. The number of carbonyl (C=O) groups is 2. The van der Waals surface area contributed by atoms with Gasteiger partial charge >= 0.3 is 0 Å². The van der Waals surface area contributed by atoms with Crippen molar-refractivity contribution in [3.63, 3.8) is 0 Å². The van der Waals surface area contributed by atoms with Gasteiger partial charge in [-0.1, -0.05) is 35.5 Å². The van der Waals surface area contributed by atoms with E-state index in [1.54, 1.807) is 0 Å². The maximum atomic E-state index is 12.2. The molecule has 7 nitrogen and oxygen atoms in total. The van der Waals surface area contributed by atoms with Crippen LogP contribution < -0.4 is 15.5 Å². The van der Waals surface area contributed by atoms with Crippen molar-refractivity contribution in [2.24, 2.45) is 5.92 Å². The van der Waals surface area contributed by atoms with Crippen molar-refractivity contribution in [2.45, 2.75) is 43.2 Å². The van der Waals surface area contributed by atoms with E-state index >= 15 is 0 Å². The molecule has 0 bridgehead atoms. The van der Waals surface area contributed by atoms with E-state index in [2.05, 4.69) is 25.7 Å². The molecule has 32 heavy (non-hydrogen) atoms. The number of hydrogen-bond acceptors (Lipinski definition) is 6. The topological polar surface area (TPSA) is 87.2 Å². The zero-order valence-corrected chi connectivity index (χ0v) is 19.5. The van der Waals surface area contributed by atoms with Gasteiger partial charge in [0.05, 0.1) is 5.75 Å². The van der Waals surface area contributed by atoms with Gasteiger partial charge in [0.2, 0.25) is 11.8 Å². The van der Waals surface area contributed by atoms with Crippen molar-refractivity contribution in [1.82, 2.24) is 20.8 Å². The van der Waals surface area contributed by atoms with Crippen LogP contribution in [-0.4, -0.2) is 53.4 Å². The van der Waals surface area contributed by atoms with Crippen LogP contribution in [0.3, 0.4) is 0 Å². The quantitative estimate of drug-likeness (QED) is 0.544. The first-order chi connectivity index (χ1) is 15.6. The Morgan fingerprint density at radius 2 is 1.78 bits per heavy atom. The minimum absolute atomic E-state index is 0.0265. The van der Waals surface area contributed by atoms with Gasteiger partial charge in [0, 0.05) is 36.6 Å². The van der Waals surface area contributed by atoms with E-state index in [1.165, 1.54) is 11.8 Å². The number of nitrogens with one attached hydrogen (secondary N) is 2. The molecule has 4 rings (SSSR count). The monoisotopic (exact) mass is 473 g/mol. The van der Waals surface area contributed by atoms with Gasteiger partial charge in [-0.15, -0.1) is 10.2 Å². The van der Waals surface area contributed by atoms with Gasteiger partial charge in [0.25, 0.3) is 0 Å². The molecule has 2 amide bonds. The molecule has 1 saturated heterocycles. The van der Waals surface area contributed by atoms with Crippen LogP contribution in [0.4, 0.5) is 5.82 Å². The van der Waals surface area contributed by atoms with Gasteiger partial charge in [0.15, 0.2) is 5.82 Å². The Labute approximate surface area is 197 Å². The number of amides is 2. The Hall–Kier alpha value is -2.32. The third-order valence-corrected chi connectivity index (χ3v) is 6.91. The predicted octanol–water partition coefficient (Wildman–Crippen LogP) is 3.08. The molecule has 2 fully saturated rings. The fourth-order valence-electron chi connectivity index (χ4n) is 3.66. The number of piperidine rings is 1. The van der Waals surface area contributed by atoms with Crippen molar-refractivity contribution in [3.05, 3.63) is 47.0 Å². The standard InChI is InChI=1S/C23H28ClN5O2S/c24-18-3-1-16(2-4-18)9-12-25-21(30)15-32-22-8-7-20(27-28-22)29-13-10-17(11-14-29)23(31)26-19-5-6-19/h1-4,7-8,17,19H,5-6,9-15H2,(H,25,30)(H,26,31). The van der Waals surface area contributed by atoms with E-state index in [0.29, 0.717) is 23.4 Å². The van der Waals surface area contributed by atoms with E-state index in [1.807, 2.05) is 36.4 Å². The summed E-state index contributed by atoms with van der Waals surface area (Å²) >= 11 is 7.26. The summed E-state index contributed by atoms with van der Waals surface area (Å²) in [5.74, 6) is 1.41. The molecule has 2 heterocycles. The average molecular weight is 474 g/mol. The molecule has 9 heteroatoms. The van der Waals surface area contributed by atoms with Crippen LogP contribution in [-0.2, 0) is 16.0 Å². The Balaban J connectivity index is 1.15. The van der Waals surface area contributed by atoms with E-state index in [0.717, 1.165) is 61.6 Å². The van der Waals surface area contributed by atoms with Crippen LogP contribution in [0.25, 0.3) is 0 Å². The molecular formula is C23H28ClN5O2S. The molecule has 0 spiro atoms. The normalized spacial score (nSPS) is 16.6. The van der Waals surface area contributed by atoms with Gasteiger partial charge in [-0.25, -0.2) is 0 Å². The fraction of sp³-hybridized carbons (Fsp3) is 0.478. The lowest BCUT2D eigenvalue weighted by Crippen LogP contribution is -2.41. The zero-order chi connectivity index (χ0) is 22.3. The maximum absolute atomic E-state index is 12.2. The molecule has 1 aliphatic heterocycles. The number of thioether (sulfide) groups is 1. The summed E-state index contributed by atoms with van der Waals surface area (Å²) in [7, 11) is 0. The highest BCUT2D eigenvalue weighted by Crippen LogP contribution is 2.25. The summed E-state index contributed by atoms with van der Waals surface area (Å²) in [5, 5.41) is 16.1.